The number of anilines is 1. The second-order valence-electron chi connectivity index (χ2n) is 14.4. The van der Waals surface area contributed by atoms with E-state index in [9.17, 15) is 28.8 Å². The van der Waals surface area contributed by atoms with Crippen LogP contribution in [0.2, 0.25) is 0 Å². The summed E-state index contributed by atoms with van der Waals surface area (Å²) in [6.07, 6.45) is 7.01. The lowest BCUT2D eigenvalue weighted by molar-refractivity contribution is -0.136. The SMILES string of the molecule is Cn1cc(CC(=O)c2cnn3ccc(N4CCNCC4)nc23)c(C(=O)CCCOCCOCCOCCCc2cccc3c2C(=O)N(C2CCC(=O)NC2=O)C3=O)n1. The van der Waals surface area contributed by atoms with Gasteiger partial charge in [-0.2, -0.15) is 10.2 Å². The average molecular weight is 798 g/mol. The van der Waals surface area contributed by atoms with E-state index in [4.69, 9.17) is 19.2 Å². The van der Waals surface area contributed by atoms with Gasteiger partial charge in [-0.1, -0.05) is 12.1 Å². The maximum atomic E-state index is 13.5. The zero-order valence-electron chi connectivity index (χ0n) is 32.4. The summed E-state index contributed by atoms with van der Waals surface area (Å²) >= 11 is 0. The van der Waals surface area contributed by atoms with Crippen LogP contribution in [-0.2, 0) is 43.7 Å². The van der Waals surface area contributed by atoms with Gasteiger partial charge in [-0.25, -0.2) is 9.50 Å². The summed E-state index contributed by atoms with van der Waals surface area (Å²) in [6, 6.07) is 5.99. The van der Waals surface area contributed by atoms with Crippen LogP contribution < -0.4 is 15.5 Å². The Morgan fingerprint density at radius 3 is 2.38 bits per heavy atom. The number of ether oxygens (including phenoxy) is 3. The maximum Gasteiger partial charge on any atom is 0.262 e. The molecule has 58 heavy (non-hydrogen) atoms. The first-order valence-electron chi connectivity index (χ1n) is 19.6. The Kier molecular flexibility index (Phi) is 13.1. The third-order valence-electron chi connectivity index (χ3n) is 10.3. The number of carbonyl (C=O) groups is 6. The van der Waals surface area contributed by atoms with Crippen LogP contribution >= 0.6 is 0 Å². The van der Waals surface area contributed by atoms with Crippen molar-refractivity contribution in [1.29, 1.82) is 0 Å². The Morgan fingerprint density at radius 1 is 0.879 bits per heavy atom. The van der Waals surface area contributed by atoms with Crippen LogP contribution in [0.25, 0.3) is 5.65 Å². The molecule has 1 atom stereocenters. The van der Waals surface area contributed by atoms with E-state index in [0.717, 1.165) is 36.9 Å². The topological polar surface area (TPSA) is 209 Å². The molecule has 0 saturated carbocycles. The number of hydrogen-bond donors (Lipinski definition) is 2. The van der Waals surface area contributed by atoms with Crippen molar-refractivity contribution in [3.05, 3.63) is 76.4 Å². The summed E-state index contributed by atoms with van der Waals surface area (Å²) in [4.78, 5) is 84.7. The molecule has 0 aliphatic carbocycles. The van der Waals surface area contributed by atoms with Gasteiger partial charge < -0.3 is 24.4 Å². The van der Waals surface area contributed by atoms with Crippen LogP contribution in [0.3, 0.4) is 0 Å². The number of aryl methyl sites for hydroxylation is 2. The number of hydrogen-bond acceptors (Lipinski definition) is 14. The zero-order valence-corrected chi connectivity index (χ0v) is 32.4. The number of carbonyl (C=O) groups excluding carboxylic acids is 6. The second-order valence-corrected chi connectivity index (χ2v) is 14.4. The molecular formula is C40H47N9O9. The van der Waals surface area contributed by atoms with Gasteiger partial charge >= 0.3 is 0 Å². The highest BCUT2D eigenvalue weighted by atomic mass is 16.5. The van der Waals surface area contributed by atoms with Crippen LogP contribution in [-0.4, -0.2) is 136 Å². The number of nitrogens with zero attached hydrogens (tertiary/aromatic N) is 7. The first kappa shape index (κ1) is 40.5. The van der Waals surface area contributed by atoms with Gasteiger partial charge in [0.25, 0.3) is 11.8 Å². The molecule has 7 rings (SSSR count). The van der Waals surface area contributed by atoms with Gasteiger partial charge in [0.15, 0.2) is 17.2 Å². The first-order valence-corrected chi connectivity index (χ1v) is 19.6. The van der Waals surface area contributed by atoms with E-state index in [2.05, 4.69) is 25.7 Å². The quantitative estimate of drug-likeness (QED) is 0.0736. The number of fused-ring (bicyclic) bond motifs is 2. The Labute approximate surface area is 334 Å². The number of aromatic nitrogens is 5. The molecule has 6 heterocycles. The van der Waals surface area contributed by atoms with Gasteiger partial charge in [0.05, 0.1) is 49.3 Å². The van der Waals surface area contributed by atoms with E-state index >= 15 is 0 Å². The standard InChI is InChI=1S/C40H47N9O9/c1-46-25-27(23-32(51)29-24-42-48-14-11-33(43-37(29)48)47-15-12-41-13-16-47)36(45-46)31(50)8-4-18-57-20-22-58-21-19-56-17-3-6-26-5-2-7-28-35(26)40(55)49(39(28)54)30-9-10-34(52)44-38(30)53/h2,5,7,11,14,24-25,30,41H,3-4,6,8-10,12-13,15-23H2,1H3,(H,44,52,53). The van der Waals surface area contributed by atoms with Crippen molar-refractivity contribution >= 4 is 46.7 Å². The minimum atomic E-state index is -1.00. The minimum Gasteiger partial charge on any atom is -0.379 e. The molecule has 4 aromatic rings. The van der Waals surface area contributed by atoms with E-state index in [1.807, 2.05) is 6.07 Å². The van der Waals surface area contributed by atoms with Gasteiger partial charge in [-0.3, -0.25) is 43.7 Å². The molecule has 3 aliphatic heterocycles. The Morgan fingerprint density at radius 2 is 1.62 bits per heavy atom. The molecule has 18 heteroatoms. The molecule has 3 aromatic heterocycles. The Balaban J connectivity index is 0.764. The average Bonchev–Trinajstić information content (AvgIpc) is 3.89. The summed E-state index contributed by atoms with van der Waals surface area (Å²) in [7, 11) is 1.72. The molecule has 1 aromatic carbocycles. The van der Waals surface area contributed by atoms with Crippen LogP contribution in [0.4, 0.5) is 5.82 Å². The summed E-state index contributed by atoms with van der Waals surface area (Å²) in [5.41, 5.74) is 2.98. The van der Waals surface area contributed by atoms with E-state index in [0.29, 0.717) is 86.8 Å². The number of rotatable bonds is 20. The third-order valence-corrected chi connectivity index (χ3v) is 10.3. The highest BCUT2D eigenvalue weighted by Crippen LogP contribution is 2.30. The van der Waals surface area contributed by atoms with Crippen molar-refractivity contribution in [3.63, 3.8) is 0 Å². The van der Waals surface area contributed by atoms with Crippen molar-refractivity contribution < 1.29 is 43.0 Å². The number of imide groups is 2. The second kappa shape index (κ2) is 18.7. The fourth-order valence-corrected chi connectivity index (χ4v) is 7.45. The lowest BCUT2D eigenvalue weighted by Gasteiger charge is -2.28. The van der Waals surface area contributed by atoms with Crippen LogP contribution in [0.1, 0.15) is 84.8 Å². The monoisotopic (exact) mass is 797 g/mol. The van der Waals surface area contributed by atoms with Gasteiger partial charge in [0, 0.05) is 83.7 Å². The molecule has 2 saturated heterocycles. The van der Waals surface area contributed by atoms with E-state index in [1.165, 1.54) is 6.20 Å². The Bertz CT molecular complexity index is 2190. The van der Waals surface area contributed by atoms with Crippen molar-refractivity contribution in [2.75, 3.05) is 70.7 Å². The molecule has 0 spiro atoms. The van der Waals surface area contributed by atoms with Gasteiger partial charge in [-0.05, 0) is 43.4 Å². The van der Waals surface area contributed by atoms with Gasteiger partial charge in [0.2, 0.25) is 11.8 Å². The number of amides is 4. The van der Waals surface area contributed by atoms with E-state index in [-0.39, 0.29) is 48.5 Å². The van der Waals surface area contributed by atoms with Crippen LogP contribution in [0, 0.1) is 0 Å². The fraction of sp³-hybridized carbons (Fsp3) is 0.475. The number of benzene rings is 1. The fourth-order valence-electron chi connectivity index (χ4n) is 7.45. The molecule has 0 bridgehead atoms. The number of Topliss-reactive ketones (excluding diaryl/α,β-unsaturated/α-hetero) is 2. The molecule has 18 nitrogen and oxygen atoms in total. The first-order chi connectivity index (χ1) is 28.2. The summed E-state index contributed by atoms with van der Waals surface area (Å²) < 4.78 is 20.1. The Hall–Kier alpha value is -5.69. The van der Waals surface area contributed by atoms with Crippen molar-refractivity contribution in [2.24, 2.45) is 7.05 Å². The normalized spacial score (nSPS) is 17.0. The molecule has 3 aliphatic rings. The van der Waals surface area contributed by atoms with Crippen molar-refractivity contribution in [2.45, 2.75) is 51.0 Å². The largest absolute Gasteiger partial charge is 0.379 e. The molecule has 4 amide bonds. The third kappa shape index (κ3) is 9.20. The predicted molar refractivity (Wildman–Crippen MR) is 207 cm³/mol. The molecule has 306 valence electrons. The minimum absolute atomic E-state index is 0.00161. The van der Waals surface area contributed by atoms with Crippen molar-refractivity contribution in [3.8, 4) is 0 Å². The molecular weight excluding hydrogens is 750 g/mol. The lowest BCUT2D eigenvalue weighted by Crippen LogP contribution is -2.54. The van der Waals surface area contributed by atoms with Crippen LogP contribution in [0.15, 0.2) is 42.9 Å². The van der Waals surface area contributed by atoms with E-state index < -0.39 is 29.7 Å². The van der Waals surface area contributed by atoms with Gasteiger partial charge in [-0.15, -0.1) is 0 Å². The van der Waals surface area contributed by atoms with Crippen molar-refractivity contribution in [1.82, 2.24) is 39.9 Å². The number of nitrogens with one attached hydrogen (secondary N) is 2. The maximum absolute atomic E-state index is 13.5. The zero-order chi connectivity index (χ0) is 40.6. The van der Waals surface area contributed by atoms with E-state index in [1.54, 1.807) is 46.8 Å². The highest BCUT2D eigenvalue weighted by molar-refractivity contribution is 6.24. The predicted octanol–water partition coefficient (Wildman–Crippen LogP) is 1.34. The highest BCUT2D eigenvalue weighted by Gasteiger charge is 2.45. The number of ketones is 2. The van der Waals surface area contributed by atoms with Crippen LogP contribution in [0.5, 0.6) is 0 Å². The lowest BCUT2D eigenvalue weighted by atomic mass is 9.99. The number of piperidine rings is 1. The smallest absolute Gasteiger partial charge is 0.262 e. The summed E-state index contributed by atoms with van der Waals surface area (Å²) in [5.74, 6) is -1.65. The number of piperazine rings is 1. The molecule has 0 radical (unpaired) electrons. The summed E-state index contributed by atoms with van der Waals surface area (Å²) in [5, 5.41) is 14.2. The molecule has 2 fully saturated rings. The molecule has 2 N–H and O–H groups in total. The molecule has 1 unspecified atom stereocenters. The summed E-state index contributed by atoms with van der Waals surface area (Å²) in [6.45, 7) is 5.60. The van der Waals surface area contributed by atoms with Gasteiger partial charge in [0.1, 0.15) is 17.6 Å².